The molecule has 0 saturated carbocycles. The number of carbonyl (C=O) groups excluding carboxylic acids is 1. The zero-order chi connectivity index (χ0) is 14.7. The van der Waals surface area contributed by atoms with Crippen LogP contribution in [0.25, 0.3) is 6.08 Å². The minimum Gasteiger partial charge on any atom is -0.309 e. The average molecular weight is 298 g/mol. The molecule has 21 heavy (non-hydrogen) atoms. The lowest BCUT2D eigenvalue weighted by molar-refractivity contribution is -0.114. The van der Waals surface area contributed by atoms with E-state index in [9.17, 15) is 4.79 Å². The Morgan fingerprint density at radius 3 is 2.71 bits per heavy atom. The van der Waals surface area contributed by atoms with Crippen molar-refractivity contribution in [2.75, 3.05) is 11.4 Å². The Balaban J connectivity index is 1.82. The van der Waals surface area contributed by atoms with Crippen LogP contribution in [-0.4, -0.2) is 12.5 Å². The van der Waals surface area contributed by atoms with Crippen molar-refractivity contribution in [3.05, 3.63) is 70.8 Å². The first-order chi connectivity index (χ1) is 10.3. The smallest absolute Gasteiger partial charge is 0.250 e. The van der Waals surface area contributed by atoms with Crippen LogP contribution in [0.2, 0.25) is 5.02 Å². The highest BCUT2D eigenvalue weighted by Gasteiger charge is 2.20. The standard InChI is InChI=1S/C18H16ClNO/c19-16-9-3-1-6-14(16)11-12-18(21)20-13-5-8-15-7-2-4-10-17(15)20/h1-4,6-7,9-12H,5,8,13H2. The second-order valence-electron chi connectivity index (χ2n) is 5.08. The molecule has 0 bridgehead atoms. The number of amides is 1. The maximum absolute atomic E-state index is 12.4. The molecule has 1 heterocycles. The molecular weight excluding hydrogens is 282 g/mol. The van der Waals surface area contributed by atoms with E-state index < -0.39 is 0 Å². The molecule has 3 heteroatoms. The number of aryl methyl sites for hydroxylation is 1. The topological polar surface area (TPSA) is 20.3 Å². The van der Waals surface area contributed by atoms with E-state index in [0.717, 1.165) is 30.6 Å². The fourth-order valence-corrected chi connectivity index (χ4v) is 2.82. The highest BCUT2D eigenvalue weighted by Crippen LogP contribution is 2.27. The number of rotatable bonds is 2. The normalized spacial score (nSPS) is 14.2. The van der Waals surface area contributed by atoms with Crippen LogP contribution < -0.4 is 4.90 Å². The maximum atomic E-state index is 12.4. The van der Waals surface area contributed by atoms with Crippen LogP contribution in [0.1, 0.15) is 17.5 Å². The van der Waals surface area contributed by atoms with Gasteiger partial charge in [-0.25, -0.2) is 0 Å². The van der Waals surface area contributed by atoms with E-state index in [4.69, 9.17) is 11.6 Å². The van der Waals surface area contributed by atoms with Crippen molar-refractivity contribution in [1.82, 2.24) is 0 Å². The van der Waals surface area contributed by atoms with Crippen molar-refractivity contribution in [1.29, 1.82) is 0 Å². The molecule has 0 aliphatic carbocycles. The van der Waals surface area contributed by atoms with E-state index in [-0.39, 0.29) is 5.91 Å². The van der Waals surface area contributed by atoms with E-state index in [1.807, 2.05) is 47.4 Å². The molecule has 1 aliphatic heterocycles. The molecule has 0 saturated heterocycles. The summed E-state index contributed by atoms with van der Waals surface area (Å²) >= 11 is 6.10. The van der Waals surface area contributed by atoms with Gasteiger partial charge in [-0.3, -0.25) is 4.79 Å². The lowest BCUT2D eigenvalue weighted by Crippen LogP contribution is -2.34. The largest absolute Gasteiger partial charge is 0.309 e. The predicted octanol–water partition coefficient (Wildman–Crippen LogP) is 4.33. The monoisotopic (exact) mass is 297 g/mol. The second kappa shape index (κ2) is 6.15. The average Bonchev–Trinajstić information content (AvgIpc) is 2.53. The van der Waals surface area contributed by atoms with Gasteiger partial charge >= 0.3 is 0 Å². The molecule has 2 aromatic carbocycles. The zero-order valence-corrected chi connectivity index (χ0v) is 12.4. The Morgan fingerprint density at radius 1 is 1.10 bits per heavy atom. The number of carbonyl (C=O) groups is 1. The van der Waals surface area contributed by atoms with Gasteiger partial charge in [0.05, 0.1) is 0 Å². The first-order valence-corrected chi connectivity index (χ1v) is 7.45. The molecule has 1 amide bonds. The molecule has 2 nitrogen and oxygen atoms in total. The van der Waals surface area contributed by atoms with Crippen LogP contribution >= 0.6 is 11.6 Å². The van der Waals surface area contributed by atoms with Crippen LogP contribution in [0.15, 0.2) is 54.6 Å². The van der Waals surface area contributed by atoms with E-state index in [1.54, 1.807) is 12.2 Å². The first kappa shape index (κ1) is 13.9. The van der Waals surface area contributed by atoms with Gasteiger partial charge in [-0.05, 0) is 42.2 Å². The summed E-state index contributed by atoms with van der Waals surface area (Å²) < 4.78 is 0. The molecule has 0 atom stereocenters. The second-order valence-corrected chi connectivity index (χ2v) is 5.48. The van der Waals surface area contributed by atoms with Gasteiger partial charge in [0.1, 0.15) is 0 Å². The summed E-state index contributed by atoms with van der Waals surface area (Å²) in [6, 6.07) is 15.6. The number of hydrogen-bond acceptors (Lipinski definition) is 1. The third-order valence-corrected chi connectivity index (χ3v) is 4.03. The number of hydrogen-bond donors (Lipinski definition) is 0. The van der Waals surface area contributed by atoms with Gasteiger partial charge in [0.15, 0.2) is 0 Å². The third-order valence-electron chi connectivity index (χ3n) is 3.69. The van der Waals surface area contributed by atoms with Crippen LogP contribution in [0, 0.1) is 0 Å². The molecule has 0 radical (unpaired) electrons. The number of anilines is 1. The molecule has 2 aromatic rings. The third kappa shape index (κ3) is 3.01. The Kier molecular flexibility index (Phi) is 4.07. The van der Waals surface area contributed by atoms with Crippen molar-refractivity contribution >= 4 is 29.3 Å². The van der Waals surface area contributed by atoms with Gasteiger partial charge in [0.25, 0.3) is 5.91 Å². The molecule has 0 unspecified atom stereocenters. The molecule has 0 N–H and O–H groups in total. The lowest BCUT2D eigenvalue weighted by atomic mass is 10.0. The molecule has 0 aromatic heterocycles. The molecule has 3 rings (SSSR count). The van der Waals surface area contributed by atoms with E-state index >= 15 is 0 Å². The van der Waals surface area contributed by atoms with Crippen LogP contribution in [-0.2, 0) is 11.2 Å². The first-order valence-electron chi connectivity index (χ1n) is 7.08. The molecule has 0 spiro atoms. The van der Waals surface area contributed by atoms with E-state index in [2.05, 4.69) is 6.07 Å². The van der Waals surface area contributed by atoms with Gasteiger partial charge in [-0.15, -0.1) is 0 Å². The highest BCUT2D eigenvalue weighted by molar-refractivity contribution is 6.32. The van der Waals surface area contributed by atoms with Gasteiger partial charge in [0.2, 0.25) is 0 Å². The lowest BCUT2D eigenvalue weighted by Gasteiger charge is -2.28. The number of benzene rings is 2. The Labute approximate surface area is 129 Å². The van der Waals surface area contributed by atoms with Crippen molar-refractivity contribution in [3.63, 3.8) is 0 Å². The summed E-state index contributed by atoms with van der Waals surface area (Å²) in [5.74, 6) is 0.00192. The summed E-state index contributed by atoms with van der Waals surface area (Å²) in [6.45, 7) is 0.767. The minimum atomic E-state index is 0.00192. The van der Waals surface area contributed by atoms with Crippen molar-refractivity contribution in [2.24, 2.45) is 0 Å². The highest BCUT2D eigenvalue weighted by atomic mass is 35.5. The summed E-state index contributed by atoms with van der Waals surface area (Å²) in [4.78, 5) is 14.3. The summed E-state index contributed by atoms with van der Waals surface area (Å²) in [7, 11) is 0. The summed E-state index contributed by atoms with van der Waals surface area (Å²) in [6.07, 6.45) is 5.42. The summed E-state index contributed by atoms with van der Waals surface area (Å²) in [5, 5.41) is 0.653. The number of halogens is 1. The van der Waals surface area contributed by atoms with Crippen LogP contribution in [0.4, 0.5) is 5.69 Å². The Bertz CT molecular complexity index is 693. The van der Waals surface area contributed by atoms with Crippen LogP contribution in [0.5, 0.6) is 0 Å². The van der Waals surface area contributed by atoms with Gasteiger partial charge in [-0.1, -0.05) is 48.0 Å². The van der Waals surface area contributed by atoms with Crippen LogP contribution in [0.3, 0.4) is 0 Å². The fraction of sp³-hybridized carbons (Fsp3) is 0.167. The molecule has 1 aliphatic rings. The van der Waals surface area contributed by atoms with Gasteiger partial charge < -0.3 is 4.90 Å². The number of nitrogens with zero attached hydrogens (tertiary/aromatic N) is 1. The maximum Gasteiger partial charge on any atom is 0.250 e. The van der Waals surface area contributed by atoms with Crippen molar-refractivity contribution in [3.8, 4) is 0 Å². The zero-order valence-electron chi connectivity index (χ0n) is 11.6. The molecular formula is C18H16ClNO. The number of para-hydroxylation sites is 1. The quantitative estimate of drug-likeness (QED) is 0.755. The SMILES string of the molecule is O=C(C=Cc1ccccc1Cl)N1CCCc2ccccc21. The molecule has 0 fully saturated rings. The van der Waals surface area contributed by atoms with Crippen molar-refractivity contribution < 1.29 is 4.79 Å². The predicted molar refractivity (Wildman–Crippen MR) is 87.6 cm³/mol. The van der Waals surface area contributed by atoms with E-state index in [0.29, 0.717) is 5.02 Å². The molecule has 106 valence electrons. The van der Waals surface area contributed by atoms with E-state index in [1.165, 1.54) is 5.56 Å². The minimum absolute atomic E-state index is 0.00192. The van der Waals surface area contributed by atoms with Gasteiger partial charge in [-0.2, -0.15) is 0 Å². The van der Waals surface area contributed by atoms with Gasteiger partial charge in [0, 0.05) is 23.3 Å². The number of fused-ring (bicyclic) bond motifs is 1. The Hall–Kier alpha value is -2.06. The van der Waals surface area contributed by atoms with Crippen molar-refractivity contribution in [2.45, 2.75) is 12.8 Å². The Morgan fingerprint density at radius 2 is 1.86 bits per heavy atom. The summed E-state index contributed by atoms with van der Waals surface area (Å²) in [5.41, 5.74) is 3.12. The fourth-order valence-electron chi connectivity index (χ4n) is 2.62.